The van der Waals surface area contributed by atoms with E-state index in [-0.39, 0.29) is 12.3 Å². The number of amides is 1. The molecule has 5 nitrogen and oxygen atoms in total. The molecule has 0 bridgehead atoms. The van der Waals surface area contributed by atoms with E-state index in [9.17, 15) is 4.79 Å². The number of ether oxygens (including phenoxy) is 1. The maximum Gasteiger partial charge on any atom is 0.228 e. The molecule has 2 aromatic carbocycles. The highest BCUT2D eigenvalue weighted by molar-refractivity contribution is 5.92. The van der Waals surface area contributed by atoms with Gasteiger partial charge in [-0.15, -0.1) is 0 Å². The van der Waals surface area contributed by atoms with Gasteiger partial charge in [-0.3, -0.25) is 4.79 Å². The first-order valence-electron chi connectivity index (χ1n) is 8.10. The van der Waals surface area contributed by atoms with Gasteiger partial charge in [0, 0.05) is 11.3 Å². The molecular weight excluding hydrogens is 316 g/mol. The first kappa shape index (κ1) is 16.8. The third kappa shape index (κ3) is 4.47. The van der Waals surface area contributed by atoms with Crippen molar-refractivity contribution in [3.05, 3.63) is 77.2 Å². The van der Waals surface area contributed by atoms with Crippen LogP contribution in [0.5, 0.6) is 5.75 Å². The molecule has 1 N–H and O–H groups in total. The largest absolute Gasteiger partial charge is 0.489 e. The molecule has 0 saturated carbocycles. The summed E-state index contributed by atoms with van der Waals surface area (Å²) in [5, 5.41) is 6.73. The van der Waals surface area contributed by atoms with E-state index < -0.39 is 0 Å². The molecule has 0 aliphatic carbocycles. The zero-order chi connectivity index (χ0) is 17.6. The molecule has 1 aromatic heterocycles. The van der Waals surface area contributed by atoms with E-state index in [4.69, 9.17) is 9.26 Å². The Bertz CT molecular complexity index is 820. The fraction of sp³-hybridized carbons (Fsp3) is 0.200. The van der Waals surface area contributed by atoms with Gasteiger partial charge in [0.05, 0.1) is 12.1 Å². The van der Waals surface area contributed by atoms with Gasteiger partial charge in [-0.25, -0.2) is 0 Å². The van der Waals surface area contributed by atoms with Crippen LogP contribution in [0.1, 0.15) is 22.6 Å². The molecule has 0 unspecified atom stereocenters. The minimum Gasteiger partial charge on any atom is -0.489 e. The number of carbonyl (C=O) groups excluding carboxylic acids is 1. The summed E-state index contributed by atoms with van der Waals surface area (Å²) in [6.45, 7) is 4.15. The van der Waals surface area contributed by atoms with E-state index in [1.807, 2.05) is 68.4 Å². The molecule has 3 rings (SSSR count). The lowest BCUT2D eigenvalue weighted by Crippen LogP contribution is -2.15. The maximum atomic E-state index is 12.2. The van der Waals surface area contributed by atoms with E-state index in [1.54, 1.807) is 0 Å². The fourth-order valence-corrected chi connectivity index (χ4v) is 2.50. The molecule has 0 saturated heterocycles. The Labute approximate surface area is 146 Å². The van der Waals surface area contributed by atoms with Crippen molar-refractivity contribution in [3.63, 3.8) is 0 Å². The number of anilines is 1. The fourth-order valence-electron chi connectivity index (χ4n) is 2.50. The number of benzene rings is 2. The summed E-state index contributed by atoms with van der Waals surface area (Å²) < 4.78 is 10.8. The van der Waals surface area contributed by atoms with Gasteiger partial charge in [-0.2, -0.15) is 0 Å². The van der Waals surface area contributed by atoms with Crippen LogP contribution in [-0.4, -0.2) is 11.1 Å². The second-order valence-corrected chi connectivity index (χ2v) is 5.83. The van der Waals surface area contributed by atoms with E-state index in [0.29, 0.717) is 12.4 Å². The monoisotopic (exact) mass is 336 g/mol. The summed E-state index contributed by atoms with van der Waals surface area (Å²) in [5.41, 5.74) is 3.42. The van der Waals surface area contributed by atoms with Crippen molar-refractivity contribution >= 4 is 11.6 Å². The van der Waals surface area contributed by atoms with Crippen LogP contribution in [0.15, 0.2) is 59.1 Å². The van der Waals surface area contributed by atoms with Gasteiger partial charge in [0.15, 0.2) is 0 Å². The van der Waals surface area contributed by atoms with Crippen molar-refractivity contribution in [1.29, 1.82) is 0 Å². The highest BCUT2D eigenvalue weighted by Crippen LogP contribution is 2.18. The van der Waals surface area contributed by atoms with Gasteiger partial charge in [0.2, 0.25) is 5.91 Å². The van der Waals surface area contributed by atoms with Crippen molar-refractivity contribution in [3.8, 4) is 5.75 Å². The normalized spacial score (nSPS) is 10.5. The second kappa shape index (κ2) is 7.66. The predicted octanol–water partition coefficient (Wildman–Crippen LogP) is 4.05. The summed E-state index contributed by atoms with van der Waals surface area (Å²) in [4.78, 5) is 12.2. The zero-order valence-electron chi connectivity index (χ0n) is 14.3. The third-order valence-corrected chi connectivity index (χ3v) is 3.90. The lowest BCUT2D eigenvalue weighted by Gasteiger charge is -2.08. The predicted molar refractivity (Wildman–Crippen MR) is 95.5 cm³/mol. The Kier molecular flexibility index (Phi) is 5.14. The number of aromatic nitrogens is 1. The molecule has 128 valence electrons. The van der Waals surface area contributed by atoms with Crippen molar-refractivity contribution in [2.45, 2.75) is 26.9 Å². The standard InChI is InChI=1S/C20H20N2O3/c1-14-19(15(2)25-22-14)12-20(23)21-17-8-10-18(11-9-17)24-13-16-6-4-3-5-7-16/h3-11H,12-13H2,1-2H3,(H,21,23). The quantitative estimate of drug-likeness (QED) is 0.737. The molecule has 0 spiro atoms. The van der Waals surface area contributed by atoms with Crippen LogP contribution < -0.4 is 10.1 Å². The van der Waals surface area contributed by atoms with Crippen LogP contribution in [0, 0.1) is 13.8 Å². The summed E-state index contributed by atoms with van der Waals surface area (Å²) in [5.74, 6) is 1.33. The lowest BCUT2D eigenvalue weighted by atomic mass is 10.1. The first-order valence-corrected chi connectivity index (χ1v) is 8.10. The Morgan fingerprint density at radius 1 is 1.08 bits per heavy atom. The minimum atomic E-state index is -0.104. The van der Waals surface area contributed by atoms with Crippen molar-refractivity contribution in [2.75, 3.05) is 5.32 Å². The smallest absolute Gasteiger partial charge is 0.228 e. The molecule has 1 amide bonds. The highest BCUT2D eigenvalue weighted by Gasteiger charge is 2.13. The SMILES string of the molecule is Cc1noc(C)c1CC(=O)Nc1ccc(OCc2ccccc2)cc1. The van der Waals surface area contributed by atoms with Gasteiger partial charge in [-0.1, -0.05) is 35.5 Å². The Hall–Kier alpha value is -3.08. The number of nitrogens with zero attached hydrogens (tertiary/aromatic N) is 1. The summed E-state index contributed by atoms with van der Waals surface area (Å²) in [7, 11) is 0. The van der Waals surface area contributed by atoms with Crippen LogP contribution in [0.3, 0.4) is 0 Å². The van der Waals surface area contributed by atoms with Gasteiger partial charge >= 0.3 is 0 Å². The number of rotatable bonds is 6. The van der Waals surface area contributed by atoms with Crippen molar-refractivity contribution < 1.29 is 14.1 Å². The number of hydrogen-bond acceptors (Lipinski definition) is 4. The molecule has 5 heteroatoms. The number of carbonyl (C=O) groups is 1. The third-order valence-electron chi connectivity index (χ3n) is 3.90. The van der Waals surface area contributed by atoms with Crippen molar-refractivity contribution in [2.24, 2.45) is 0 Å². The molecular formula is C20H20N2O3. The number of nitrogens with one attached hydrogen (secondary N) is 1. The summed E-state index contributed by atoms with van der Waals surface area (Å²) in [6, 6.07) is 17.3. The topological polar surface area (TPSA) is 64.4 Å². The van der Waals surface area contributed by atoms with Gasteiger partial charge in [-0.05, 0) is 43.7 Å². The Morgan fingerprint density at radius 3 is 2.44 bits per heavy atom. The molecule has 1 heterocycles. The van der Waals surface area contributed by atoms with E-state index >= 15 is 0 Å². The summed E-state index contributed by atoms with van der Waals surface area (Å²) in [6.07, 6.45) is 0.243. The van der Waals surface area contributed by atoms with E-state index in [0.717, 1.165) is 28.3 Å². The molecule has 0 atom stereocenters. The molecule has 0 aliphatic heterocycles. The second-order valence-electron chi connectivity index (χ2n) is 5.83. The molecule has 0 aliphatic rings. The van der Waals surface area contributed by atoms with Crippen LogP contribution in [0.4, 0.5) is 5.69 Å². The van der Waals surface area contributed by atoms with E-state index in [2.05, 4.69) is 10.5 Å². The van der Waals surface area contributed by atoms with Gasteiger partial charge in [0.25, 0.3) is 0 Å². The minimum absolute atomic E-state index is 0.104. The van der Waals surface area contributed by atoms with Gasteiger partial charge in [0.1, 0.15) is 18.1 Å². The summed E-state index contributed by atoms with van der Waals surface area (Å²) >= 11 is 0. The molecule has 0 radical (unpaired) electrons. The Morgan fingerprint density at radius 2 is 1.80 bits per heavy atom. The first-order chi connectivity index (χ1) is 12.1. The zero-order valence-corrected chi connectivity index (χ0v) is 14.3. The molecule has 0 fully saturated rings. The Balaban J connectivity index is 1.54. The van der Waals surface area contributed by atoms with Gasteiger partial charge < -0.3 is 14.6 Å². The van der Waals surface area contributed by atoms with Crippen LogP contribution in [-0.2, 0) is 17.8 Å². The van der Waals surface area contributed by atoms with Crippen LogP contribution in [0.2, 0.25) is 0 Å². The highest BCUT2D eigenvalue weighted by atomic mass is 16.5. The van der Waals surface area contributed by atoms with Crippen molar-refractivity contribution in [1.82, 2.24) is 5.16 Å². The van der Waals surface area contributed by atoms with Crippen LogP contribution in [0.25, 0.3) is 0 Å². The lowest BCUT2D eigenvalue weighted by molar-refractivity contribution is -0.115. The van der Waals surface area contributed by atoms with E-state index in [1.165, 1.54) is 0 Å². The van der Waals surface area contributed by atoms with Crippen LogP contribution >= 0.6 is 0 Å². The average molecular weight is 336 g/mol. The number of aryl methyl sites for hydroxylation is 2. The maximum absolute atomic E-state index is 12.2. The molecule has 25 heavy (non-hydrogen) atoms. The number of hydrogen-bond donors (Lipinski definition) is 1. The average Bonchev–Trinajstić information content (AvgIpc) is 2.94. The molecule has 3 aromatic rings.